The molecule has 0 aromatic carbocycles. The van der Waals surface area contributed by atoms with Crippen molar-refractivity contribution in [2.75, 3.05) is 13.2 Å². The summed E-state index contributed by atoms with van der Waals surface area (Å²) < 4.78 is 10.7. The molecule has 90 valence electrons. The fourth-order valence-corrected chi connectivity index (χ4v) is 1.83. The van der Waals surface area contributed by atoms with Crippen LogP contribution in [0.25, 0.3) is 0 Å². The lowest BCUT2D eigenvalue weighted by Gasteiger charge is -2.12. The van der Waals surface area contributed by atoms with E-state index >= 15 is 0 Å². The number of hydrogen-bond donors (Lipinski definition) is 1. The molecule has 0 bridgehead atoms. The normalized spacial score (nSPS) is 17.6. The largest absolute Gasteiger partial charge is 0.467 e. The maximum absolute atomic E-state index is 5.50. The van der Waals surface area contributed by atoms with Crippen molar-refractivity contribution < 1.29 is 9.15 Å². The molecule has 0 radical (unpaired) electrons. The molecular formula is C13H21NO2. The molecule has 1 aromatic rings. The van der Waals surface area contributed by atoms with Crippen molar-refractivity contribution in [3.63, 3.8) is 0 Å². The second-order valence-electron chi connectivity index (χ2n) is 4.57. The summed E-state index contributed by atoms with van der Waals surface area (Å²) >= 11 is 0. The van der Waals surface area contributed by atoms with Gasteiger partial charge >= 0.3 is 0 Å². The zero-order valence-corrected chi connectivity index (χ0v) is 9.95. The minimum atomic E-state index is 0.588. The van der Waals surface area contributed by atoms with Gasteiger partial charge in [0.1, 0.15) is 12.4 Å². The molecule has 2 rings (SSSR count). The molecule has 1 fully saturated rings. The summed E-state index contributed by atoms with van der Waals surface area (Å²) in [7, 11) is 0. The van der Waals surface area contributed by atoms with Crippen LogP contribution in [0.1, 0.15) is 31.9 Å². The summed E-state index contributed by atoms with van der Waals surface area (Å²) in [5.41, 5.74) is 0. The van der Waals surface area contributed by atoms with Crippen LogP contribution >= 0.6 is 0 Å². The predicted octanol–water partition coefficient (Wildman–Crippen LogP) is 2.57. The summed E-state index contributed by atoms with van der Waals surface area (Å²) in [5, 5.41) is 3.53. The molecule has 0 spiro atoms. The first kappa shape index (κ1) is 11.7. The molecule has 1 aromatic heterocycles. The second-order valence-corrected chi connectivity index (χ2v) is 4.57. The van der Waals surface area contributed by atoms with Crippen LogP contribution in [0, 0.1) is 5.92 Å². The van der Waals surface area contributed by atoms with E-state index in [2.05, 4.69) is 12.2 Å². The van der Waals surface area contributed by atoms with E-state index < -0.39 is 0 Å². The van der Waals surface area contributed by atoms with Gasteiger partial charge < -0.3 is 14.5 Å². The van der Waals surface area contributed by atoms with E-state index in [4.69, 9.17) is 9.15 Å². The molecule has 0 aliphatic heterocycles. The molecule has 1 N–H and O–H groups in total. The van der Waals surface area contributed by atoms with Gasteiger partial charge in [-0.15, -0.1) is 0 Å². The molecule has 1 atom stereocenters. The Hall–Kier alpha value is -0.800. The highest BCUT2D eigenvalue weighted by molar-refractivity contribution is 4.95. The number of rotatable bonds is 8. The van der Waals surface area contributed by atoms with Crippen molar-refractivity contribution in [1.82, 2.24) is 5.32 Å². The molecular weight excluding hydrogens is 202 g/mol. The van der Waals surface area contributed by atoms with E-state index in [1.54, 1.807) is 6.26 Å². The zero-order valence-electron chi connectivity index (χ0n) is 9.95. The van der Waals surface area contributed by atoms with Gasteiger partial charge in [0.15, 0.2) is 0 Å². The summed E-state index contributed by atoms with van der Waals surface area (Å²) in [6, 6.07) is 4.51. The van der Waals surface area contributed by atoms with Gasteiger partial charge in [0, 0.05) is 12.6 Å². The summed E-state index contributed by atoms with van der Waals surface area (Å²) in [6.07, 6.45) is 5.56. The number of nitrogens with one attached hydrogen (secondary N) is 1. The van der Waals surface area contributed by atoms with Crippen LogP contribution in [0.4, 0.5) is 0 Å². The van der Waals surface area contributed by atoms with Gasteiger partial charge in [0.25, 0.3) is 0 Å². The molecule has 1 aliphatic carbocycles. The van der Waals surface area contributed by atoms with Crippen molar-refractivity contribution >= 4 is 0 Å². The lowest BCUT2D eigenvalue weighted by molar-refractivity contribution is 0.103. The highest BCUT2D eigenvalue weighted by Gasteiger charge is 2.26. The van der Waals surface area contributed by atoms with E-state index in [0.717, 1.165) is 31.3 Å². The minimum absolute atomic E-state index is 0.588. The van der Waals surface area contributed by atoms with Gasteiger partial charge in [0.05, 0.1) is 6.26 Å². The monoisotopic (exact) mass is 223 g/mol. The van der Waals surface area contributed by atoms with Gasteiger partial charge in [-0.1, -0.05) is 0 Å². The molecule has 0 amide bonds. The average Bonchev–Trinajstić information content (AvgIpc) is 3.02. The Morgan fingerprint density at radius 2 is 2.44 bits per heavy atom. The van der Waals surface area contributed by atoms with Gasteiger partial charge in [0.2, 0.25) is 0 Å². The zero-order chi connectivity index (χ0) is 11.2. The van der Waals surface area contributed by atoms with Crippen LogP contribution in [-0.2, 0) is 11.3 Å². The molecule has 1 saturated carbocycles. The Bertz CT molecular complexity index is 280. The van der Waals surface area contributed by atoms with E-state index in [1.807, 2.05) is 12.1 Å². The first-order valence-corrected chi connectivity index (χ1v) is 6.20. The molecule has 1 heterocycles. The maximum Gasteiger partial charge on any atom is 0.129 e. The highest BCUT2D eigenvalue weighted by atomic mass is 16.5. The van der Waals surface area contributed by atoms with Crippen LogP contribution in [0.2, 0.25) is 0 Å². The molecule has 3 heteroatoms. The fourth-order valence-electron chi connectivity index (χ4n) is 1.83. The summed E-state index contributed by atoms with van der Waals surface area (Å²) in [6.45, 7) is 4.72. The number of hydrogen-bond acceptors (Lipinski definition) is 3. The van der Waals surface area contributed by atoms with Crippen LogP contribution in [0.5, 0.6) is 0 Å². The molecule has 0 saturated heterocycles. The summed E-state index contributed by atoms with van der Waals surface area (Å²) in [4.78, 5) is 0. The van der Waals surface area contributed by atoms with Crippen LogP contribution < -0.4 is 5.32 Å². The molecule has 1 unspecified atom stereocenters. The van der Waals surface area contributed by atoms with Crippen LogP contribution in [-0.4, -0.2) is 19.2 Å². The first-order valence-electron chi connectivity index (χ1n) is 6.20. The summed E-state index contributed by atoms with van der Waals surface area (Å²) in [5.74, 6) is 1.84. The maximum atomic E-state index is 5.50. The highest BCUT2D eigenvalue weighted by Crippen LogP contribution is 2.32. The number of ether oxygens (including phenoxy) is 1. The van der Waals surface area contributed by atoms with Gasteiger partial charge in [-0.05, 0) is 50.8 Å². The smallest absolute Gasteiger partial charge is 0.129 e. The SMILES string of the molecule is CC(NCCCOCc1ccco1)C1CC1. The van der Waals surface area contributed by atoms with E-state index in [0.29, 0.717) is 12.6 Å². The third kappa shape index (κ3) is 3.99. The quantitative estimate of drug-likeness (QED) is 0.688. The Morgan fingerprint density at radius 1 is 1.56 bits per heavy atom. The fraction of sp³-hybridized carbons (Fsp3) is 0.692. The lowest BCUT2D eigenvalue weighted by atomic mass is 10.2. The van der Waals surface area contributed by atoms with Gasteiger partial charge in [-0.25, -0.2) is 0 Å². The van der Waals surface area contributed by atoms with Crippen molar-refractivity contribution in [2.45, 2.75) is 38.8 Å². The predicted molar refractivity (Wildman–Crippen MR) is 63.2 cm³/mol. The average molecular weight is 223 g/mol. The first-order chi connectivity index (χ1) is 7.86. The van der Waals surface area contributed by atoms with Crippen LogP contribution in [0.15, 0.2) is 22.8 Å². The topological polar surface area (TPSA) is 34.4 Å². The minimum Gasteiger partial charge on any atom is -0.467 e. The standard InChI is InChI=1S/C13H21NO2/c1-11(12-5-6-12)14-7-3-8-15-10-13-4-2-9-16-13/h2,4,9,11-12,14H,3,5-8,10H2,1H3. The molecule has 1 aliphatic rings. The second kappa shape index (κ2) is 6.06. The van der Waals surface area contributed by atoms with E-state index in [1.165, 1.54) is 12.8 Å². The lowest BCUT2D eigenvalue weighted by Crippen LogP contribution is -2.29. The Balaban J connectivity index is 1.43. The Morgan fingerprint density at radius 3 is 3.12 bits per heavy atom. The molecule has 3 nitrogen and oxygen atoms in total. The van der Waals surface area contributed by atoms with Crippen molar-refractivity contribution in [3.8, 4) is 0 Å². The van der Waals surface area contributed by atoms with Gasteiger partial charge in [-0.3, -0.25) is 0 Å². The van der Waals surface area contributed by atoms with Crippen molar-refractivity contribution in [3.05, 3.63) is 24.2 Å². The Kier molecular flexibility index (Phi) is 4.43. The third-order valence-electron chi connectivity index (χ3n) is 3.09. The van der Waals surface area contributed by atoms with Crippen molar-refractivity contribution in [1.29, 1.82) is 0 Å². The third-order valence-corrected chi connectivity index (χ3v) is 3.09. The Labute approximate surface area is 97.2 Å². The molecule has 16 heavy (non-hydrogen) atoms. The van der Waals surface area contributed by atoms with Crippen molar-refractivity contribution in [2.24, 2.45) is 5.92 Å². The van der Waals surface area contributed by atoms with Gasteiger partial charge in [-0.2, -0.15) is 0 Å². The van der Waals surface area contributed by atoms with Crippen LogP contribution in [0.3, 0.4) is 0 Å². The number of furan rings is 1. The van der Waals surface area contributed by atoms with E-state index in [9.17, 15) is 0 Å². The van der Waals surface area contributed by atoms with E-state index in [-0.39, 0.29) is 0 Å².